The van der Waals surface area contributed by atoms with Crippen molar-refractivity contribution in [1.82, 2.24) is 4.57 Å². The molecule has 0 fully saturated rings. The van der Waals surface area contributed by atoms with Crippen molar-refractivity contribution in [3.8, 4) is 0 Å². The van der Waals surface area contributed by atoms with Crippen molar-refractivity contribution in [3.05, 3.63) is 45.9 Å². The Morgan fingerprint density at radius 1 is 1.32 bits per heavy atom. The van der Waals surface area contributed by atoms with Gasteiger partial charge in [0.1, 0.15) is 0 Å². The predicted octanol–water partition coefficient (Wildman–Crippen LogP) is 3.61. The van der Waals surface area contributed by atoms with Gasteiger partial charge in [-0.1, -0.05) is 6.07 Å². The van der Waals surface area contributed by atoms with Gasteiger partial charge >= 0.3 is 5.97 Å². The van der Waals surface area contributed by atoms with Crippen LogP contribution in [0, 0.1) is 0 Å². The summed E-state index contributed by atoms with van der Waals surface area (Å²) in [4.78, 5) is 25.6. The Morgan fingerprint density at radius 2 is 2.14 bits per heavy atom. The fraction of sp³-hybridized carbons (Fsp3) is 0.412. The molecular formula is C17H19NO3S. The van der Waals surface area contributed by atoms with Crippen molar-refractivity contribution >= 4 is 23.1 Å². The first-order valence-corrected chi connectivity index (χ1v) is 8.44. The van der Waals surface area contributed by atoms with Gasteiger partial charge in [-0.25, -0.2) is 0 Å². The maximum atomic E-state index is 12.6. The van der Waals surface area contributed by atoms with E-state index in [2.05, 4.69) is 0 Å². The highest BCUT2D eigenvalue weighted by Crippen LogP contribution is 2.32. The van der Waals surface area contributed by atoms with E-state index < -0.39 is 0 Å². The van der Waals surface area contributed by atoms with Crippen LogP contribution >= 0.6 is 11.3 Å². The number of ketones is 1. The maximum absolute atomic E-state index is 12.6. The Bertz CT molecular complexity index is 685. The first-order valence-electron chi connectivity index (χ1n) is 7.56. The highest BCUT2D eigenvalue weighted by atomic mass is 32.1. The molecule has 0 saturated heterocycles. The van der Waals surface area contributed by atoms with Gasteiger partial charge in [0.25, 0.3) is 0 Å². The summed E-state index contributed by atoms with van der Waals surface area (Å²) in [5.41, 5.74) is 1.57. The fourth-order valence-corrected chi connectivity index (χ4v) is 3.60. The number of hydrogen-bond donors (Lipinski definition) is 0. The van der Waals surface area contributed by atoms with Crippen LogP contribution in [-0.4, -0.2) is 22.4 Å². The lowest BCUT2D eigenvalue weighted by Gasteiger charge is -2.25. The summed E-state index contributed by atoms with van der Waals surface area (Å²) in [6.07, 6.45) is 1.54. The monoisotopic (exact) mass is 317 g/mol. The number of hydrogen-bond acceptors (Lipinski definition) is 4. The topological polar surface area (TPSA) is 48.3 Å². The molecule has 1 aliphatic rings. The smallest absolute Gasteiger partial charge is 0.315 e. The zero-order valence-corrected chi connectivity index (χ0v) is 13.6. The summed E-state index contributed by atoms with van der Waals surface area (Å²) >= 11 is 1.44. The number of rotatable bonds is 4. The van der Waals surface area contributed by atoms with E-state index in [1.54, 1.807) is 0 Å². The normalized spacial score (nSPS) is 17.3. The van der Waals surface area contributed by atoms with Crippen molar-refractivity contribution in [3.63, 3.8) is 0 Å². The minimum Gasteiger partial charge on any atom is -0.462 e. The molecule has 5 heteroatoms. The highest BCUT2D eigenvalue weighted by Gasteiger charge is 2.31. The molecular weight excluding hydrogens is 298 g/mol. The fourth-order valence-electron chi connectivity index (χ4n) is 2.92. The molecule has 3 rings (SSSR count). The molecule has 2 aromatic heterocycles. The summed E-state index contributed by atoms with van der Waals surface area (Å²) in [5.74, 6) is -0.427. The molecule has 3 heterocycles. The third-order valence-corrected chi connectivity index (χ3v) is 4.73. The molecule has 0 saturated carbocycles. The molecule has 0 radical (unpaired) electrons. The van der Waals surface area contributed by atoms with E-state index in [0.29, 0.717) is 5.69 Å². The molecule has 0 amide bonds. The van der Waals surface area contributed by atoms with E-state index in [-0.39, 0.29) is 23.8 Å². The van der Waals surface area contributed by atoms with Gasteiger partial charge < -0.3 is 9.30 Å². The second kappa shape index (κ2) is 6.08. The van der Waals surface area contributed by atoms with Crippen LogP contribution in [0.1, 0.15) is 53.7 Å². The molecule has 0 aromatic carbocycles. The highest BCUT2D eigenvalue weighted by molar-refractivity contribution is 7.12. The second-order valence-electron chi connectivity index (χ2n) is 5.78. The van der Waals surface area contributed by atoms with E-state index in [1.807, 2.05) is 48.1 Å². The van der Waals surface area contributed by atoms with Gasteiger partial charge in [-0.05, 0) is 50.3 Å². The number of nitrogens with zero attached hydrogens (tertiary/aromatic N) is 1. The third kappa shape index (κ3) is 2.73. The predicted molar refractivity (Wildman–Crippen MR) is 85.4 cm³/mol. The van der Waals surface area contributed by atoms with Gasteiger partial charge in [0.2, 0.25) is 5.78 Å². The van der Waals surface area contributed by atoms with Gasteiger partial charge in [-0.2, -0.15) is 0 Å². The Morgan fingerprint density at radius 3 is 2.82 bits per heavy atom. The number of carbonyl (C=O) groups excluding carboxylic acids is 2. The van der Waals surface area contributed by atoms with Crippen molar-refractivity contribution in [2.75, 3.05) is 0 Å². The minimum absolute atomic E-state index is 0.0270. The molecule has 4 nitrogen and oxygen atoms in total. The number of esters is 1. The largest absolute Gasteiger partial charge is 0.462 e. The lowest BCUT2D eigenvalue weighted by molar-refractivity contribution is -0.149. The second-order valence-corrected chi connectivity index (χ2v) is 6.73. The Hall–Kier alpha value is -1.88. The molecule has 2 aromatic rings. The molecule has 0 spiro atoms. The van der Waals surface area contributed by atoms with E-state index in [4.69, 9.17) is 4.74 Å². The van der Waals surface area contributed by atoms with Crippen LogP contribution in [0.5, 0.6) is 0 Å². The van der Waals surface area contributed by atoms with Gasteiger partial charge in [0, 0.05) is 12.2 Å². The van der Waals surface area contributed by atoms with E-state index in [1.165, 1.54) is 11.3 Å². The summed E-state index contributed by atoms with van der Waals surface area (Å²) in [7, 11) is 0. The standard InChI is InChI=1S/C17H19NO3S/c1-11(2)21-17(20)12-5-3-9-18-13(12)7-8-14(18)16(19)15-6-4-10-22-15/h4,6-8,10-12H,3,5,9H2,1-2H3. The van der Waals surface area contributed by atoms with Crippen LogP contribution < -0.4 is 0 Å². The van der Waals surface area contributed by atoms with Gasteiger partial charge in [0.05, 0.1) is 22.6 Å². The van der Waals surface area contributed by atoms with Crippen molar-refractivity contribution in [2.24, 2.45) is 0 Å². The zero-order chi connectivity index (χ0) is 15.7. The third-order valence-electron chi connectivity index (χ3n) is 3.86. The van der Waals surface area contributed by atoms with Crippen LogP contribution in [0.25, 0.3) is 0 Å². The van der Waals surface area contributed by atoms with E-state index in [9.17, 15) is 9.59 Å². The molecule has 0 aliphatic carbocycles. The molecule has 0 bridgehead atoms. The minimum atomic E-state index is -0.263. The average molecular weight is 317 g/mol. The number of ether oxygens (including phenoxy) is 1. The molecule has 1 unspecified atom stereocenters. The first-order chi connectivity index (χ1) is 10.6. The number of fused-ring (bicyclic) bond motifs is 1. The van der Waals surface area contributed by atoms with Crippen LogP contribution in [0.4, 0.5) is 0 Å². The molecule has 116 valence electrons. The van der Waals surface area contributed by atoms with E-state index >= 15 is 0 Å². The SMILES string of the molecule is CC(C)OC(=O)C1CCCn2c(C(=O)c3cccs3)ccc21. The van der Waals surface area contributed by atoms with Crippen molar-refractivity contribution in [2.45, 2.75) is 45.3 Å². The lowest BCUT2D eigenvalue weighted by Crippen LogP contribution is -2.26. The van der Waals surface area contributed by atoms with Crippen LogP contribution in [0.3, 0.4) is 0 Å². The average Bonchev–Trinajstić information content (AvgIpc) is 3.15. The van der Waals surface area contributed by atoms with Crippen molar-refractivity contribution < 1.29 is 14.3 Å². The number of thiophene rings is 1. The first kappa shape index (κ1) is 15.0. The van der Waals surface area contributed by atoms with Gasteiger partial charge in [-0.15, -0.1) is 11.3 Å². The summed E-state index contributed by atoms with van der Waals surface area (Å²) in [6, 6.07) is 7.44. The summed E-state index contributed by atoms with van der Waals surface area (Å²) in [6.45, 7) is 4.48. The maximum Gasteiger partial charge on any atom is 0.315 e. The molecule has 0 N–H and O–H groups in total. The van der Waals surface area contributed by atoms with Crippen LogP contribution in [-0.2, 0) is 16.1 Å². The molecule has 1 atom stereocenters. The number of carbonyl (C=O) groups is 2. The van der Waals surface area contributed by atoms with Crippen molar-refractivity contribution in [1.29, 1.82) is 0 Å². The Balaban J connectivity index is 1.91. The quantitative estimate of drug-likeness (QED) is 0.639. The van der Waals surface area contributed by atoms with Gasteiger partial charge in [-0.3, -0.25) is 9.59 Å². The van der Waals surface area contributed by atoms with Gasteiger partial charge in [0.15, 0.2) is 0 Å². The van der Waals surface area contributed by atoms with E-state index in [0.717, 1.165) is 30.0 Å². The Labute approximate surface area is 133 Å². The number of aromatic nitrogens is 1. The van der Waals surface area contributed by atoms with Crippen LogP contribution in [0.2, 0.25) is 0 Å². The van der Waals surface area contributed by atoms with Crippen LogP contribution in [0.15, 0.2) is 29.6 Å². The lowest BCUT2D eigenvalue weighted by atomic mass is 9.96. The Kier molecular flexibility index (Phi) is 4.16. The summed E-state index contributed by atoms with van der Waals surface area (Å²) < 4.78 is 7.34. The molecule has 1 aliphatic heterocycles. The molecule has 22 heavy (non-hydrogen) atoms. The summed E-state index contributed by atoms with van der Waals surface area (Å²) in [5, 5.41) is 1.90. The zero-order valence-electron chi connectivity index (χ0n) is 12.7.